The fourth-order valence-electron chi connectivity index (χ4n) is 3.68. The second-order valence-corrected chi connectivity index (χ2v) is 8.33. The number of amides is 2. The monoisotopic (exact) mass is 428 g/mol. The number of carbonyl (C=O) groups excluding carboxylic acids is 2. The molecule has 2 amide bonds. The molecule has 0 bridgehead atoms. The molecule has 8 nitrogen and oxygen atoms in total. The van der Waals surface area contributed by atoms with Gasteiger partial charge >= 0.3 is 6.09 Å². The van der Waals surface area contributed by atoms with E-state index in [2.05, 4.69) is 15.4 Å². The summed E-state index contributed by atoms with van der Waals surface area (Å²) in [6.07, 6.45) is -0.576. The Balaban J connectivity index is 1.50. The average molecular weight is 429 g/mol. The summed E-state index contributed by atoms with van der Waals surface area (Å²) in [5.41, 5.74) is 2.93. The minimum atomic E-state index is -0.614. The molecule has 8 heteroatoms. The number of rotatable bonds is 7. The second kappa shape index (κ2) is 10.4. The van der Waals surface area contributed by atoms with E-state index < -0.39 is 12.1 Å². The molecule has 2 heterocycles. The lowest BCUT2D eigenvalue weighted by Crippen LogP contribution is -2.56. The van der Waals surface area contributed by atoms with Crippen molar-refractivity contribution in [2.75, 3.05) is 26.2 Å². The molecule has 1 atom stereocenters. The van der Waals surface area contributed by atoms with Crippen molar-refractivity contribution < 1.29 is 18.8 Å². The number of nitrogens with zero attached hydrogens (tertiary/aromatic N) is 3. The summed E-state index contributed by atoms with van der Waals surface area (Å²) in [6, 6.07) is 8.86. The smallest absolute Gasteiger partial charge is 0.408 e. The summed E-state index contributed by atoms with van der Waals surface area (Å²) in [5.74, 6) is 0.731. The van der Waals surface area contributed by atoms with Gasteiger partial charge in [-0.15, -0.1) is 0 Å². The van der Waals surface area contributed by atoms with E-state index in [1.54, 1.807) is 0 Å². The van der Waals surface area contributed by atoms with Gasteiger partial charge in [-0.2, -0.15) is 0 Å². The van der Waals surface area contributed by atoms with Gasteiger partial charge in [-0.05, 0) is 25.3 Å². The van der Waals surface area contributed by atoms with Gasteiger partial charge in [0.1, 0.15) is 18.4 Å². The Morgan fingerprint density at radius 2 is 1.81 bits per heavy atom. The Kier molecular flexibility index (Phi) is 7.68. The Hall–Kier alpha value is -2.87. The third-order valence-corrected chi connectivity index (χ3v) is 5.67. The summed E-state index contributed by atoms with van der Waals surface area (Å²) in [7, 11) is 0. The second-order valence-electron chi connectivity index (χ2n) is 8.33. The van der Waals surface area contributed by atoms with Gasteiger partial charge in [-0.1, -0.05) is 49.3 Å². The van der Waals surface area contributed by atoms with Gasteiger partial charge in [0, 0.05) is 38.3 Å². The SMILES string of the molecule is Cc1noc(C)c1CN1CCN(C(=O)[C@H](NC(=O)OCc2ccccc2)C(C)C)CC1. The van der Waals surface area contributed by atoms with Crippen LogP contribution in [0.5, 0.6) is 0 Å². The largest absolute Gasteiger partial charge is 0.445 e. The molecule has 3 rings (SSSR count). The van der Waals surface area contributed by atoms with Crippen LogP contribution in [0.15, 0.2) is 34.9 Å². The molecule has 1 aliphatic heterocycles. The number of ether oxygens (including phenoxy) is 1. The van der Waals surface area contributed by atoms with Crippen LogP contribution in [0.3, 0.4) is 0 Å². The van der Waals surface area contributed by atoms with Crippen molar-refractivity contribution >= 4 is 12.0 Å². The zero-order chi connectivity index (χ0) is 22.4. The molecule has 168 valence electrons. The van der Waals surface area contributed by atoms with E-state index >= 15 is 0 Å². The standard InChI is InChI=1S/C23H32N4O4/c1-16(2)21(24-23(29)30-15-19-8-6-5-7-9-19)22(28)27-12-10-26(11-13-27)14-20-17(3)25-31-18(20)4/h5-9,16,21H,10-15H2,1-4H3,(H,24,29)/t21-/m1/s1. The van der Waals surface area contributed by atoms with Crippen molar-refractivity contribution in [3.8, 4) is 0 Å². The maximum atomic E-state index is 13.1. The molecule has 2 aromatic rings. The normalized spacial score (nSPS) is 15.7. The van der Waals surface area contributed by atoms with E-state index in [0.717, 1.165) is 42.2 Å². The highest BCUT2D eigenvalue weighted by atomic mass is 16.5. The predicted molar refractivity (Wildman–Crippen MR) is 116 cm³/mol. The highest BCUT2D eigenvalue weighted by molar-refractivity contribution is 5.86. The molecule has 0 spiro atoms. The lowest BCUT2D eigenvalue weighted by atomic mass is 10.0. The molecule has 1 N–H and O–H groups in total. The number of hydrogen-bond acceptors (Lipinski definition) is 6. The molecule has 1 aromatic carbocycles. The molecule has 1 aliphatic rings. The topological polar surface area (TPSA) is 87.9 Å². The number of hydrogen-bond donors (Lipinski definition) is 1. The Bertz CT molecular complexity index is 853. The van der Waals surface area contributed by atoms with Gasteiger partial charge in [-0.3, -0.25) is 9.69 Å². The minimum absolute atomic E-state index is 0.0443. The number of aryl methyl sites for hydroxylation is 2. The molecule has 0 saturated carbocycles. The van der Waals surface area contributed by atoms with Crippen LogP contribution in [-0.4, -0.2) is 59.2 Å². The number of alkyl carbamates (subject to hydrolysis) is 1. The summed E-state index contributed by atoms with van der Waals surface area (Å²) in [5, 5.41) is 6.77. The van der Waals surface area contributed by atoms with E-state index in [9.17, 15) is 9.59 Å². The van der Waals surface area contributed by atoms with Crippen LogP contribution in [0.4, 0.5) is 4.79 Å². The first-order valence-corrected chi connectivity index (χ1v) is 10.7. The lowest BCUT2D eigenvalue weighted by molar-refractivity contribution is -0.136. The van der Waals surface area contributed by atoms with Crippen LogP contribution < -0.4 is 5.32 Å². The Morgan fingerprint density at radius 3 is 2.39 bits per heavy atom. The zero-order valence-corrected chi connectivity index (χ0v) is 18.8. The average Bonchev–Trinajstić information content (AvgIpc) is 3.08. The van der Waals surface area contributed by atoms with E-state index in [1.807, 2.05) is 62.9 Å². The van der Waals surface area contributed by atoms with E-state index in [-0.39, 0.29) is 18.4 Å². The predicted octanol–water partition coefficient (Wildman–Crippen LogP) is 2.89. The van der Waals surface area contributed by atoms with Gasteiger partial charge in [0.15, 0.2) is 0 Å². The Morgan fingerprint density at radius 1 is 1.13 bits per heavy atom. The number of nitrogens with one attached hydrogen (secondary N) is 1. The maximum Gasteiger partial charge on any atom is 0.408 e. The number of piperazine rings is 1. The molecule has 0 unspecified atom stereocenters. The fourth-order valence-corrected chi connectivity index (χ4v) is 3.68. The molecular weight excluding hydrogens is 396 g/mol. The van der Waals surface area contributed by atoms with Crippen molar-refractivity contribution in [2.24, 2.45) is 5.92 Å². The van der Waals surface area contributed by atoms with Gasteiger partial charge < -0.3 is 19.5 Å². The van der Waals surface area contributed by atoms with Crippen LogP contribution in [0.25, 0.3) is 0 Å². The minimum Gasteiger partial charge on any atom is -0.445 e. The van der Waals surface area contributed by atoms with Crippen LogP contribution in [0.2, 0.25) is 0 Å². The van der Waals surface area contributed by atoms with Crippen molar-refractivity contribution in [3.05, 3.63) is 52.9 Å². The first-order valence-electron chi connectivity index (χ1n) is 10.7. The third kappa shape index (κ3) is 6.07. The van der Waals surface area contributed by atoms with Crippen LogP contribution >= 0.6 is 0 Å². The summed E-state index contributed by atoms with van der Waals surface area (Å²) in [4.78, 5) is 29.5. The highest BCUT2D eigenvalue weighted by Crippen LogP contribution is 2.17. The van der Waals surface area contributed by atoms with Crippen LogP contribution in [0.1, 0.15) is 36.4 Å². The van der Waals surface area contributed by atoms with Gasteiger partial charge in [0.25, 0.3) is 0 Å². The van der Waals surface area contributed by atoms with Crippen LogP contribution in [0, 0.1) is 19.8 Å². The summed E-state index contributed by atoms with van der Waals surface area (Å²) < 4.78 is 10.5. The third-order valence-electron chi connectivity index (χ3n) is 5.67. The molecule has 0 radical (unpaired) electrons. The van der Waals surface area contributed by atoms with E-state index in [1.165, 1.54) is 0 Å². The van der Waals surface area contributed by atoms with Crippen molar-refractivity contribution in [1.29, 1.82) is 0 Å². The van der Waals surface area contributed by atoms with Gasteiger partial charge in [-0.25, -0.2) is 4.79 Å². The molecule has 1 saturated heterocycles. The van der Waals surface area contributed by atoms with Crippen molar-refractivity contribution in [3.63, 3.8) is 0 Å². The quantitative estimate of drug-likeness (QED) is 0.730. The number of benzene rings is 1. The molecule has 1 aromatic heterocycles. The lowest BCUT2D eigenvalue weighted by Gasteiger charge is -2.37. The van der Waals surface area contributed by atoms with Gasteiger partial charge in [0.2, 0.25) is 5.91 Å². The molecule has 1 fully saturated rings. The zero-order valence-electron chi connectivity index (χ0n) is 18.8. The van der Waals surface area contributed by atoms with E-state index in [0.29, 0.717) is 13.1 Å². The number of aromatic nitrogens is 1. The maximum absolute atomic E-state index is 13.1. The summed E-state index contributed by atoms with van der Waals surface area (Å²) >= 11 is 0. The van der Waals surface area contributed by atoms with E-state index in [4.69, 9.17) is 9.26 Å². The first kappa shape index (κ1) is 22.8. The molecule has 0 aliphatic carbocycles. The number of carbonyl (C=O) groups is 2. The highest BCUT2D eigenvalue weighted by Gasteiger charge is 2.31. The van der Waals surface area contributed by atoms with Crippen molar-refractivity contribution in [1.82, 2.24) is 20.3 Å². The van der Waals surface area contributed by atoms with Crippen LogP contribution in [-0.2, 0) is 22.7 Å². The fraction of sp³-hybridized carbons (Fsp3) is 0.522. The Labute approximate surface area is 183 Å². The van der Waals surface area contributed by atoms with Crippen molar-refractivity contribution in [2.45, 2.75) is 46.9 Å². The summed E-state index contributed by atoms with van der Waals surface area (Å²) in [6.45, 7) is 11.4. The van der Waals surface area contributed by atoms with Gasteiger partial charge in [0.05, 0.1) is 5.69 Å². The molecular formula is C23H32N4O4. The molecule has 31 heavy (non-hydrogen) atoms. The first-order chi connectivity index (χ1) is 14.8.